The SMILES string of the molecule is O=C(NC[C@@H]1CC(Br)=NO1)C1CC(c2c[nH]c3ccc(F)cc23)CN1C(=O)OCc1cnc2ccccc2c1. The van der Waals surface area contributed by atoms with Gasteiger partial charge in [-0.25, -0.2) is 9.18 Å². The zero-order valence-corrected chi connectivity index (χ0v) is 22.4. The highest BCUT2D eigenvalue weighted by atomic mass is 79.9. The summed E-state index contributed by atoms with van der Waals surface area (Å²) in [7, 11) is 0. The Morgan fingerprint density at radius 2 is 2.10 bits per heavy atom. The van der Waals surface area contributed by atoms with E-state index in [1.165, 1.54) is 17.0 Å². The van der Waals surface area contributed by atoms with E-state index in [2.05, 4.69) is 36.4 Å². The zero-order valence-electron chi connectivity index (χ0n) is 20.8. The highest BCUT2D eigenvalue weighted by Gasteiger charge is 2.42. The minimum atomic E-state index is -0.763. The van der Waals surface area contributed by atoms with Gasteiger partial charge in [-0.1, -0.05) is 23.4 Å². The van der Waals surface area contributed by atoms with Gasteiger partial charge < -0.3 is 19.9 Å². The van der Waals surface area contributed by atoms with Crippen molar-refractivity contribution in [3.05, 3.63) is 77.9 Å². The van der Waals surface area contributed by atoms with E-state index >= 15 is 0 Å². The quantitative estimate of drug-likeness (QED) is 0.328. The summed E-state index contributed by atoms with van der Waals surface area (Å²) in [6.07, 6.45) is 3.54. The van der Waals surface area contributed by atoms with E-state index in [4.69, 9.17) is 9.57 Å². The third-order valence-electron chi connectivity index (χ3n) is 7.16. The molecule has 4 aromatic rings. The predicted molar refractivity (Wildman–Crippen MR) is 147 cm³/mol. The van der Waals surface area contributed by atoms with Gasteiger partial charge in [0.15, 0.2) is 6.10 Å². The number of oxime groups is 1. The molecule has 1 saturated heterocycles. The lowest BCUT2D eigenvalue weighted by molar-refractivity contribution is -0.125. The van der Waals surface area contributed by atoms with Gasteiger partial charge in [0, 0.05) is 53.1 Å². The second-order valence-electron chi connectivity index (χ2n) is 9.77. The zero-order chi connectivity index (χ0) is 26.9. The third-order valence-corrected chi connectivity index (χ3v) is 7.63. The van der Waals surface area contributed by atoms with Crippen molar-refractivity contribution in [1.82, 2.24) is 20.2 Å². The standard InChI is InChI=1S/C28H25BrFN5O4/c29-26-10-20(39-34-26)12-33-27(36)25-8-18(22-13-32-24-6-5-19(30)9-21(22)24)14-35(25)28(37)38-15-16-7-17-3-1-2-4-23(17)31-11-16/h1-7,9,11,13,18,20,25,32H,8,10,12,14-15H2,(H,33,36)/t18?,20-,25?/m0/s1. The first kappa shape index (κ1) is 25.3. The molecule has 0 radical (unpaired) electrons. The summed E-state index contributed by atoms with van der Waals surface area (Å²) >= 11 is 3.29. The topological polar surface area (TPSA) is 109 Å². The van der Waals surface area contributed by atoms with Gasteiger partial charge in [-0.3, -0.25) is 14.7 Å². The molecule has 2 amide bonds. The van der Waals surface area contributed by atoms with Crippen molar-refractivity contribution in [3.8, 4) is 0 Å². The van der Waals surface area contributed by atoms with Crippen molar-refractivity contribution in [2.24, 2.45) is 5.16 Å². The number of benzene rings is 2. The van der Waals surface area contributed by atoms with Gasteiger partial charge in [-0.2, -0.15) is 0 Å². The number of aromatic nitrogens is 2. The molecule has 2 aromatic carbocycles. The molecule has 2 aliphatic heterocycles. The van der Waals surface area contributed by atoms with Gasteiger partial charge in [0.2, 0.25) is 5.91 Å². The number of pyridine rings is 1. The number of fused-ring (bicyclic) bond motifs is 2. The van der Waals surface area contributed by atoms with Gasteiger partial charge in [0.05, 0.1) is 12.1 Å². The van der Waals surface area contributed by atoms with E-state index in [1.807, 2.05) is 36.5 Å². The maximum absolute atomic E-state index is 14.0. The van der Waals surface area contributed by atoms with Crippen molar-refractivity contribution >= 4 is 54.4 Å². The largest absolute Gasteiger partial charge is 0.444 e. The van der Waals surface area contributed by atoms with Crippen LogP contribution in [0.25, 0.3) is 21.8 Å². The van der Waals surface area contributed by atoms with Crippen molar-refractivity contribution in [3.63, 3.8) is 0 Å². The van der Waals surface area contributed by atoms with E-state index < -0.39 is 12.1 Å². The number of aromatic amines is 1. The smallest absolute Gasteiger partial charge is 0.410 e. The van der Waals surface area contributed by atoms with Crippen LogP contribution in [-0.2, 0) is 21.0 Å². The number of carbonyl (C=O) groups is 2. The highest BCUT2D eigenvalue weighted by Crippen LogP contribution is 2.36. The maximum Gasteiger partial charge on any atom is 0.410 e. The van der Waals surface area contributed by atoms with Crippen molar-refractivity contribution in [2.45, 2.75) is 37.5 Å². The number of ether oxygens (including phenoxy) is 1. The first-order chi connectivity index (χ1) is 18.9. The number of carbonyl (C=O) groups excluding carboxylic acids is 2. The lowest BCUT2D eigenvalue weighted by Gasteiger charge is -2.23. The molecule has 39 heavy (non-hydrogen) atoms. The monoisotopic (exact) mass is 593 g/mol. The van der Waals surface area contributed by atoms with Crippen LogP contribution in [0.1, 0.15) is 29.9 Å². The summed E-state index contributed by atoms with van der Waals surface area (Å²) in [4.78, 5) is 41.0. The molecule has 6 rings (SSSR count). The first-order valence-corrected chi connectivity index (χ1v) is 13.4. The fraction of sp³-hybridized carbons (Fsp3) is 0.286. The van der Waals surface area contributed by atoms with Crippen LogP contribution >= 0.6 is 15.9 Å². The number of para-hydroxylation sites is 1. The molecule has 2 N–H and O–H groups in total. The van der Waals surface area contributed by atoms with Crippen LogP contribution < -0.4 is 5.32 Å². The molecule has 200 valence electrons. The molecule has 0 saturated carbocycles. The Labute approximate surface area is 231 Å². The predicted octanol–water partition coefficient (Wildman–Crippen LogP) is 4.96. The molecule has 0 aliphatic carbocycles. The van der Waals surface area contributed by atoms with Crippen LogP contribution in [0.15, 0.2) is 66.1 Å². The molecule has 1 fully saturated rings. The number of nitrogens with zero attached hydrogens (tertiary/aromatic N) is 3. The van der Waals surface area contributed by atoms with Crippen LogP contribution in [0.5, 0.6) is 0 Å². The number of rotatable bonds is 6. The van der Waals surface area contributed by atoms with Crippen LogP contribution in [0.2, 0.25) is 0 Å². The summed E-state index contributed by atoms with van der Waals surface area (Å²) < 4.78 is 20.4. The third kappa shape index (κ3) is 5.31. The Hall–Kier alpha value is -3.99. The average Bonchev–Trinajstić information content (AvgIpc) is 3.68. The maximum atomic E-state index is 14.0. The first-order valence-electron chi connectivity index (χ1n) is 12.6. The number of nitrogens with one attached hydrogen (secondary N) is 2. The summed E-state index contributed by atoms with van der Waals surface area (Å²) in [5, 5.41) is 8.42. The Morgan fingerprint density at radius 3 is 2.95 bits per heavy atom. The van der Waals surface area contributed by atoms with Gasteiger partial charge in [-0.05, 0) is 58.2 Å². The molecule has 3 atom stereocenters. The van der Waals surface area contributed by atoms with Crippen LogP contribution in [-0.4, -0.2) is 56.7 Å². The molecule has 2 aromatic heterocycles. The second-order valence-corrected chi connectivity index (χ2v) is 10.7. The number of hydrogen-bond acceptors (Lipinski definition) is 6. The Balaban J connectivity index is 1.19. The summed E-state index contributed by atoms with van der Waals surface area (Å²) in [5.41, 5.74) is 3.24. The summed E-state index contributed by atoms with van der Waals surface area (Å²) in [6, 6.07) is 13.4. The number of amides is 2. The van der Waals surface area contributed by atoms with Crippen LogP contribution in [0.4, 0.5) is 9.18 Å². The number of likely N-dealkylation sites (tertiary alicyclic amines) is 1. The molecule has 0 bridgehead atoms. The van der Waals surface area contributed by atoms with Gasteiger partial charge in [-0.15, -0.1) is 0 Å². The van der Waals surface area contributed by atoms with Gasteiger partial charge in [0.1, 0.15) is 23.1 Å². The average molecular weight is 594 g/mol. The molecule has 2 aliphatic rings. The normalized spacial score (nSPS) is 20.7. The minimum Gasteiger partial charge on any atom is -0.444 e. The summed E-state index contributed by atoms with van der Waals surface area (Å²) in [5.74, 6) is -0.841. The molecular weight excluding hydrogens is 569 g/mol. The molecule has 4 heterocycles. The van der Waals surface area contributed by atoms with Crippen molar-refractivity contribution < 1.29 is 23.6 Å². The summed E-state index contributed by atoms with van der Waals surface area (Å²) in [6.45, 7) is 0.527. The molecule has 2 unspecified atom stereocenters. The van der Waals surface area contributed by atoms with Crippen molar-refractivity contribution in [1.29, 1.82) is 0 Å². The lowest BCUT2D eigenvalue weighted by Crippen LogP contribution is -2.47. The lowest BCUT2D eigenvalue weighted by atomic mass is 9.95. The van der Waals surface area contributed by atoms with E-state index in [-0.39, 0.29) is 43.4 Å². The minimum absolute atomic E-state index is 0.0196. The molecule has 9 nitrogen and oxygen atoms in total. The van der Waals surface area contributed by atoms with Crippen LogP contribution in [0, 0.1) is 5.82 Å². The fourth-order valence-corrected chi connectivity index (χ4v) is 5.67. The molecule has 11 heteroatoms. The van der Waals surface area contributed by atoms with Crippen LogP contribution in [0.3, 0.4) is 0 Å². The molecule has 0 spiro atoms. The second kappa shape index (κ2) is 10.6. The Morgan fingerprint density at radius 1 is 1.23 bits per heavy atom. The van der Waals surface area contributed by atoms with Gasteiger partial charge >= 0.3 is 6.09 Å². The van der Waals surface area contributed by atoms with E-state index in [9.17, 15) is 14.0 Å². The fourth-order valence-electron chi connectivity index (χ4n) is 5.22. The highest BCUT2D eigenvalue weighted by molar-refractivity contribution is 9.18. The number of H-pyrrole nitrogens is 1. The molecular formula is C28H25BrFN5O4. The van der Waals surface area contributed by atoms with E-state index in [0.29, 0.717) is 17.5 Å². The van der Waals surface area contributed by atoms with Crippen molar-refractivity contribution in [2.75, 3.05) is 13.1 Å². The number of hydrogen-bond donors (Lipinski definition) is 2. The van der Waals surface area contributed by atoms with E-state index in [0.717, 1.165) is 32.9 Å². The Bertz CT molecular complexity index is 1590. The van der Waals surface area contributed by atoms with Gasteiger partial charge in [0.25, 0.3) is 0 Å². The number of halogens is 2. The Kier molecular flexibility index (Phi) is 6.90. The van der Waals surface area contributed by atoms with E-state index in [1.54, 1.807) is 12.3 Å².